The Hall–Kier alpha value is -2.14. The maximum atomic E-state index is 12.7. The first-order valence-corrected chi connectivity index (χ1v) is 7.78. The van der Waals surface area contributed by atoms with Gasteiger partial charge < -0.3 is 15.2 Å². The molecule has 0 aliphatic rings. The van der Waals surface area contributed by atoms with Gasteiger partial charge in [0.05, 0.1) is 13.2 Å². The lowest BCUT2D eigenvalue weighted by atomic mass is 9.69. The van der Waals surface area contributed by atoms with Gasteiger partial charge in [-0.15, -0.1) is 6.58 Å². The molecule has 0 saturated heterocycles. The number of carbonyl (C=O) groups excluding carboxylic acids is 2. The molecule has 0 aliphatic heterocycles. The van der Waals surface area contributed by atoms with Crippen molar-refractivity contribution in [1.82, 2.24) is 0 Å². The van der Waals surface area contributed by atoms with Gasteiger partial charge in [-0.05, 0) is 25.8 Å². The van der Waals surface area contributed by atoms with E-state index in [1.54, 1.807) is 13.8 Å². The van der Waals surface area contributed by atoms with E-state index in [0.717, 1.165) is 5.56 Å². The quantitative estimate of drug-likeness (QED) is 0.429. The van der Waals surface area contributed by atoms with Crippen molar-refractivity contribution in [2.45, 2.75) is 26.2 Å². The third-order valence-electron chi connectivity index (χ3n) is 3.78. The van der Waals surface area contributed by atoms with E-state index in [9.17, 15) is 9.59 Å². The first kappa shape index (κ1) is 18.9. The molecule has 1 aromatic rings. The Kier molecular flexibility index (Phi) is 7.48. The number of ether oxygens (including phenoxy) is 2. The average molecular weight is 319 g/mol. The minimum absolute atomic E-state index is 0.0986. The minimum Gasteiger partial charge on any atom is -0.465 e. The standard InChI is InChI=1S/C18H25NO4/c1-4-12-18(16(20)22-5-2,17(21)23-6-3)15(13-19)14-10-8-7-9-11-14/h4,7-11,15H,1,5-6,12-13,19H2,2-3H3. The Bertz CT molecular complexity index is 509. The summed E-state index contributed by atoms with van der Waals surface area (Å²) in [6, 6.07) is 9.22. The van der Waals surface area contributed by atoms with Crippen LogP contribution in [0.5, 0.6) is 0 Å². The number of hydrogen-bond donors (Lipinski definition) is 1. The van der Waals surface area contributed by atoms with Gasteiger partial charge >= 0.3 is 11.9 Å². The molecule has 1 aromatic carbocycles. The Balaban J connectivity index is 3.47. The lowest BCUT2D eigenvalue weighted by Gasteiger charge is -2.35. The van der Waals surface area contributed by atoms with Crippen molar-refractivity contribution in [3.05, 3.63) is 48.6 Å². The molecule has 0 fully saturated rings. The van der Waals surface area contributed by atoms with Crippen LogP contribution in [0.1, 0.15) is 31.7 Å². The van der Waals surface area contributed by atoms with Gasteiger partial charge in [-0.1, -0.05) is 36.4 Å². The van der Waals surface area contributed by atoms with Crippen LogP contribution in [0.25, 0.3) is 0 Å². The van der Waals surface area contributed by atoms with Crippen molar-refractivity contribution < 1.29 is 19.1 Å². The maximum Gasteiger partial charge on any atom is 0.324 e. The Morgan fingerprint density at radius 1 is 1.17 bits per heavy atom. The summed E-state index contributed by atoms with van der Waals surface area (Å²) in [7, 11) is 0. The van der Waals surface area contributed by atoms with Crippen LogP contribution in [-0.4, -0.2) is 31.7 Å². The third-order valence-corrected chi connectivity index (χ3v) is 3.78. The zero-order valence-electron chi connectivity index (χ0n) is 13.8. The van der Waals surface area contributed by atoms with E-state index >= 15 is 0 Å². The Morgan fingerprint density at radius 3 is 2.09 bits per heavy atom. The maximum absolute atomic E-state index is 12.7. The van der Waals surface area contributed by atoms with E-state index in [1.165, 1.54) is 6.08 Å². The molecular formula is C18H25NO4. The molecule has 0 heterocycles. The molecule has 0 radical (unpaired) electrons. The van der Waals surface area contributed by atoms with Gasteiger partial charge in [0.15, 0.2) is 5.41 Å². The van der Waals surface area contributed by atoms with Crippen molar-refractivity contribution in [2.75, 3.05) is 19.8 Å². The van der Waals surface area contributed by atoms with Crippen LogP contribution in [0.2, 0.25) is 0 Å². The molecule has 0 saturated carbocycles. The predicted molar refractivity (Wildman–Crippen MR) is 88.8 cm³/mol. The summed E-state index contributed by atoms with van der Waals surface area (Å²) in [6.45, 7) is 7.52. The molecule has 1 rings (SSSR count). The Morgan fingerprint density at radius 2 is 1.70 bits per heavy atom. The highest BCUT2D eigenvalue weighted by Gasteiger charge is 2.54. The van der Waals surface area contributed by atoms with Gasteiger partial charge in [-0.25, -0.2) is 0 Å². The first-order valence-electron chi connectivity index (χ1n) is 7.78. The third kappa shape index (κ3) is 3.99. The van der Waals surface area contributed by atoms with Crippen LogP contribution in [0, 0.1) is 5.41 Å². The lowest BCUT2D eigenvalue weighted by Crippen LogP contribution is -2.48. The van der Waals surface area contributed by atoms with Crippen LogP contribution in [0.15, 0.2) is 43.0 Å². The zero-order valence-corrected chi connectivity index (χ0v) is 13.8. The fraction of sp³-hybridized carbons (Fsp3) is 0.444. The fourth-order valence-electron chi connectivity index (χ4n) is 2.73. The van der Waals surface area contributed by atoms with Gasteiger partial charge in [-0.2, -0.15) is 0 Å². The summed E-state index contributed by atoms with van der Waals surface area (Å²) >= 11 is 0. The summed E-state index contributed by atoms with van der Waals surface area (Å²) in [5.41, 5.74) is 5.21. The summed E-state index contributed by atoms with van der Waals surface area (Å²) in [5.74, 6) is -1.81. The minimum atomic E-state index is -1.52. The second kappa shape index (κ2) is 9.10. The van der Waals surface area contributed by atoms with Crippen LogP contribution in [-0.2, 0) is 19.1 Å². The number of rotatable bonds is 9. The number of benzene rings is 1. The average Bonchev–Trinajstić information content (AvgIpc) is 2.56. The van der Waals surface area contributed by atoms with Crippen molar-refractivity contribution in [3.63, 3.8) is 0 Å². The number of carbonyl (C=O) groups is 2. The number of hydrogen-bond acceptors (Lipinski definition) is 5. The van der Waals surface area contributed by atoms with Gasteiger partial charge in [0.2, 0.25) is 0 Å². The van der Waals surface area contributed by atoms with E-state index in [-0.39, 0.29) is 26.2 Å². The summed E-state index contributed by atoms with van der Waals surface area (Å²) in [6.07, 6.45) is 1.63. The summed E-state index contributed by atoms with van der Waals surface area (Å²) < 4.78 is 10.4. The van der Waals surface area contributed by atoms with E-state index < -0.39 is 23.3 Å². The molecule has 0 amide bonds. The highest BCUT2D eigenvalue weighted by atomic mass is 16.6. The van der Waals surface area contributed by atoms with Gasteiger partial charge in [0.1, 0.15) is 0 Å². The van der Waals surface area contributed by atoms with Gasteiger partial charge in [0, 0.05) is 12.5 Å². The molecule has 0 aromatic heterocycles. The molecule has 1 unspecified atom stereocenters. The highest BCUT2D eigenvalue weighted by Crippen LogP contribution is 2.41. The summed E-state index contributed by atoms with van der Waals surface area (Å²) in [5, 5.41) is 0. The Labute approximate surface area is 137 Å². The largest absolute Gasteiger partial charge is 0.465 e. The van der Waals surface area contributed by atoms with E-state index in [0.29, 0.717) is 0 Å². The van der Waals surface area contributed by atoms with Crippen molar-refractivity contribution >= 4 is 11.9 Å². The second-order valence-electron chi connectivity index (χ2n) is 5.10. The predicted octanol–water partition coefficient (Wildman–Crippen LogP) is 2.42. The molecule has 23 heavy (non-hydrogen) atoms. The van der Waals surface area contributed by atoms with Crippen molar-refractivity contribution in [2.24, 2.45) is 11.1 Å². The molecule has 0 aliphatic carbocycles. The van der Waals surface area contributed by atoms with Crippen LogP contribution in [0.3, 0.4) is 0 Å². The van der Waals surface area contributed by atoms with E-state index in [2.05, 4.69) is 6.58 Å². The van der Waals surface area contributed by atoms with E-state index in [1.807, 2.05) is 30.3 Å². The molecular weight excluding hydrogens is 294 g/mol. The second-order valence-corrected chi connectivity index (χ2v) is 5.10. The smallest absolute Gasteiger partial charge is 0.324 e. The van der Waals surface area contributed by atoms with Gasteiger partial charge in [0.25, 0.3) is 0 Å². The zero-order chi connectivity index (χ0) is 17.3. The number of nitrogens with two attached hydrogens (primary N) is 1. The highest BCUT2D eigenvalue weighted by molar-refractivity contribution is 6.01. The van der Waals surface area contributed by atoms with Crippen LogP contribution < -0.4 is 5.73 Å². The lowest BCUT2D eigenvalue weighted by molar-refractivity contribution is -0.174. The topological polar surface area (TPSA) is 78.6 Å². The van der Waals surface area contributed by atoms with Gasteiger partial charge in [-0.3, -0.25) is 9.59 Å². The SMILES string of the molecule is C=CCC(C(=O)OCC)(C(=O)OCC)C(CN)c1ccccc1. The summed E-state index contributed by atoms with van der Waals surface area (Å²) in [4.78, 5) is 25.4. The molecule has 5 heteroatoms. The molecule has 126 valence electrons. The number of allylic oxidation sites excluding steroid dienone is 1. The molecule has 0 spiro atoms. The van der Waals surface area contributed by atoms with Crippen molar-refractivity contribution in [1.29, 1.82) is 0 Å². The molecule has 5 nitrogen and oxygen atoms in total. The van der Waals surface area contributed by atoms with Crippen molar-refractivity contribution in [3.8, 4) is 0 Å². The van der Waals surface area contributed by atoms with Crippen LogP contribution in [0.4, 0.5) is 0 Å². The fourth-order valence-corrected chi connectivity index (χ4v) is 2.73. The molecule has 2 N–H and O–H groups in total. The number of esters is 2. The van der Waals surface area contributed by atoms with Crippen LogP contribution >= 0.6 is 0 Å². The normalized spacial score (nSPS) is 12.3. The molecule has 0 bridgehead atoms. The molecule has 1 atom stereocenters. The monoisotopic (exact) mass is 319 g/mol. The van der Waals surface area contributed by atoms with E-state index in [4.69, 9.17) is 15.2 Å². The first-order chi connectivity index (χ1) is 11.1.